The van der Waals surface area contributed by atoms with Gasteiger partial charge in [0.25, 0.3) is 0 Å². The van der Waals surface area contributed by atoms with Crippen molar-refractivity contribution < 1.29 is 10.0 Å². The molecule has 1 fully saturated rings. The monoisotopic (exact) mass is 269 g/mol. The van der Waals surface area contributed by atoms with Gasteiger partial charge in [0.2, 0.25) is 5.91 Å². The van der Waals surface area contributed by atoms with Crippen LogP contribution in [0.15, 0.2) is 5.16 Å². The Hall–Kier alpha value is -1.26. The van der Waals surface area contributed by atoms with Crippen LogP contribution < -0.4 is 5.73 Å². The molecule has 0 spiro atoms. The summed E-state index contributed by atoms with van der Waals surface area (Å²) in [5.41, 5.74) is 4.94. The first-order chi connectivity index (χ1) is 9.05. The highest BCUT2D eigenvalue weighted by atomic mass is 16.4. The van der Waals surface area contributed by atoms with Crippen LogP contribution in [0.2, 0.25) is 0 Å². The molecule has 0 bridgehead atoms. The summed E-state index contributed by atoms with van der Waals surface area (Å²) >= 11 is 0. The summed E-state index contributed by atoms with van der Waals surface area (Å²) in [6.07, 6.45) is 4.79. The van der Waals surface area contributed by atoms with E-state index < -0.39 is 5.41 Å². The molecule has 1 saturated carbocycles. The van der Waals surface area contributed by atoms with Gasteiger partial charge < -0.3 is 15.8 Å². The van der Waals surface area contributed by atoms with Crippen LogP contribution in [-0.2, 0) is 4.79 Å². The van der Waals surface area contributed by atoms with Crippen molar-refractivity contribution in [2.24, 2.45) is 22.2 Å². The van der Waals surface area contributed by atoms with E-state index >= 15 is 0 Å². The number of carbonyl (C=O) groups excluding carboxylic acids is 1. The maximum absolute atomic E-state index is 12.8. The van der Waals surface area contributed by atoms with Gasteiger partial charge in [0.15, 0.2) is 5.84 Å². The zero-order valence-corrected chi connectivity index (χ0v) is 12.4. The number of hydrogen-bond donors (Lipinski definition) is 2. The number of nitrogens with two attached hydrogens (primary N) is 1. The molecule has 1 aliphatic rings. The molecule has 0 aromatic heterocycles. The van der Waals surface area contributed by atoms with Crippen LogP contribution in [0, 0.1) is 11.3 Å². The van der Waals surface area contributed by atoms with Crippen molar-refractivity contribution in [3.05, 3.63) is 0 Å². The van der Waals surface area contributed by atoms with Gasteiger partial charge in [0, 0.05) is 13.1 Å². The lowest BCUT2D eigenvalue weighted by atomic mass is 9.78. The van der Waals surface area contributed by atoms with Gasteiger partial charge in [0.1, 0.15) is 5.41 Å². The fourth-order valence-electron chi connectivity index (χ4n) is 2.77. The van der Waals surface area contributed by atoms with E-state index in [2.05, 4.69) is 5.16 Å². The number of carbonyl (C=O) groups is 1. The van der Waals surface area contributed by atoms with Crippen LogP contribution in [0.25, 0.3) is 0 Å². The number of amidine groups is 1. The van der Waals surface area contributed by atoms with E-state index in [-0.39, 0.29) is 11.7 Å². The highest BCUT2D eigenvalue weighted by molar-refractivity contribution is 6.06. The minimum absolute atomic E-state index is 0.00204. The molecule has 110 valence electrons. The van der Waals surface area contributed by atoms with E-state index in [0.717, 1.165) is 6.54 Å². The first kappa shape index (κ1) is 15.8. The van der Waals surface area contributed by atoms with Gasteiger partial charge in [0.05, 0.1) is 0 Å². The molecule has 5 heteroatoms. The van der Waals surface area contributed by atoms with Crippen molar-refractivity contribution in [3.8, 4) is 0 Å². The molecule has 0 radical (unpaired) electrons. The average molecular weight is 269 g/mol. The zero-order chi connectivity index (χ0) is 14.5. The zero-order valence-electron chi connectivity index (χ0n) is 12.4. The SMILES string of the molecule is CCN(CC1CCC1)C(=O)C(CC)(CC)C(N)=NO. The van der Waals surface area contributed by atoms with Crippen LogP contribution in [0.4, 0.5) is 0 Å². The average Bonchev–Trinajstić information content (AvgIpc) is 2.39. The third-order valence-corrected chi connectivity index (χ3v) is 4.59. The molecule has 3 N–H and O–H groups in total. The molecule has 1 aliphatic carbocycles. The van der Waals surface area contributed by atoms with Crippen LogP contribution in [0.5, 0.6) is 0 Å². The highest BCUT2D eigenvalue weighted by Gasteiger charge is 2.42. The molecule has 5 nitrogen and oxygen atoms in total. The normalized spacial score (nSPS) is 17.1. The van der Waals surface area contributed by atoms with Gasteiger partial charge >= 0.3 is 0 Å². The topological polar surface area (TPSA) is 78.9 Å². The van der Waals surface area contributed by atoms with Gasteiger partial charge in [-0.05, 0) is 38.5 Å². The fourth-order valence-corrected chi connectivity index (χ4v) is 2.77. The Kier molecular flexibility index (Phi) is 5.63. The van der Waals surface area contributed by atoms with Gasteiger partial charge in [-0.15, -0.1) is 0 Å². The summed E-state index contributed by atoms with van der Waals surface area (Å²) in [7, 11) is 0. The number of amides is 1. The van der Waals surface area contributed by atoms with Crippen molar-refractivity contribution in [2.75, 3.05) is 13.1 Å². The van der Waals surface area contributed by atoms with Gasteiger partial charge in [-0.3, -0.25) is 4.79 Å². The van der Waals surface area contributed by atoms with E-state index in [0.29, 0.717) is 25.3 Å². The van der Waals surface area contributed by atoms with E-state index in [4.69, 9.17) is 10.9 Å². The Balaban J connectivity index is 2.89. The molecule has 0 aliphatic heterocycles. The molecule has 1 amide bonds. The Morgan fingerprint density at radius 2 is 1.95 bits per heavy atom. The Morgan fingerprint density at radius 3 is 2.26 bits per heavy atom. The summed E-state index contributed by atoms with van der Waals surface area (Å²) in [6, 6.07) is 0. The molecule has 0 saturated heterocycles. The summed E-state index contributed by atoms with van der Waals surface area (Å²) in [5, 5.41) is 12.1. The van der Waals surface area contributed by atoms with Crippen molar-refractivity contribution in [1.29, 1.82) is 0 Å². The fraction of sp³-hybridized carbons (Fsp3) is 0.857. The summed E-state index contributed by atoms with van der Waals surface area (Å²) in [6.45, 7) is 7.29. The van der Waals surface area contributed by atoms with Gasteiger partial charge in [-0.25, -0.2) is 0 Å². The van der Waals surface area contributed by atoms with Crippen LogP contribution >= 0.6 is 0 Å². The number of hydrogen-bond acceptors (Lipinski definition) is 3. The van der Waals surface area contributed by atoms with Crippen LogP contribution in [0.1, 0.15) is 52.9 Å². The number of nitrogens with zero attached hydrogens (tertiary/aromatic N) is 2. The predicted octanol–water partition coefficient (Wildman–Crippen LogP) is 2.19. The lowest BCUT2D eigenvalue weighted by Crippen LogP contribution is -2.52. The third-order valence-electron chi connectivity index (χ3n) is 4.59. The third kappa shape index (κ3) is 3.01. The predicted molar refractivity (Wildman–Crippen MR) is 76.0 cm³/mol. The maximum atomic E-state index is 12.8. The second-order valence-electron chi connectivity index (χ2n) is 5.42. The quantitative estimate of drug-likeness (QED) is 0.322. The molecule has 0 aromatic rings. The lowest BCUT2D eigenvalue weighted by molar-refractivity contribution is -0.139. The minimum atomic E-state index is -0.853. The van der Waals surface area contributed by atoms with Crippen LogP contribution in [-0.4, -0.2) is 34.9 Å². The second-order valence-corrected chi connectivity index (χ2v) is 5.42. The summed E-state index contributed by atoms with van der Waals surface area (Å²) in [4.78, 5) is 14.7. The van der Waals surface area contributed by atoms with Crippen molar-refractivity contribution >= 4 is 11.7 Å². The molecule has 0 unspecified atom stereocenters. The smallest absolute Gasteiger partial charge is 0.236 e. The van der Waals surface area contributed by atoms with Gasteiger partial charge in [-0.1, -0.05) is 25.4 Å². The second kappa shape index (κ2) is 6.78. The van der Waals surface area contributed by atoms with Gasteiger partial charge in [-0.2, -0.15) is 0 Å². The Morgan fingerprint density at radius 1 is 1.37 bits per heavy atom. The van der Waals surface area contributed by atoms with E-state index in [1.165, 1.54) is 19.3 Å². The minimum Gasteiger partial charge on any atom is -0.409 e. The number of oxime groups is 1. The molecule has 0 aromatic carbocycles. The molecule has 0 atom stereocenters. The maximum Gasteiger partial charge on any atom is 0.236 e. The van der Waals surface area contributed by atoms with Crippen molar-refractivity contribution in [1.82, 2.24) is 4.90 Å². The lowest BCUT2D eigenvalue weighted by Gasteiger charge is -2.38. The standard InChI is InChI=1S/C14H27N3O2/c1-4-14(5-2,12(15)16-19)13(18)17(6-3)10-11-8-7-9-11/h11,19H,4-10H2,1-3H3,(H2,15,16). The summed E-state index contributed by atoms with van der Waals surface area (Å²) in [5.74, 6) is 0.666. The Labute approximate surface area is 115 Å². The Bertz CT molecular complexity index is 334. The summed E-state index contributed by atoms with van der Waals surface area (Å²) < 4.78 is 0. The number of rotatable bonds is 7. The molecule has 1 rings (SSSR count). The largest absolute Gasteiger partial charge is 0.409 e. The van der Waals surface area contributed by atoms with Crippen molar-refractivity contribution in [2.45, 2.75) is 52.9 Å². The highest BCUT2D eigenvalue weighted by Crippen LogP contribution is 2.32. The van der Waals surface area contributed by atoms with Crippen molar-refractivity contribution in [3.63, 3.8) is 0 Å². The molecular weight excluding hydrogens is 242 g/mol. The molecule has 0 heterocycles. The molecular formula is C14H27N3O2. The van der Waals surface area contributed by atoms with E-state index in [9.17, 15) is 4.79 Å². The van der Waals surface area contributed by atoms with Crippen LogP contribution in [0.3, 0.4) is 0 Å². The van der Waals surface area contributed by atoms with E-state index in [1.54, 1.807) is 0 Å². The van der Waals surface area contributed by atoms with E-state index in [1.807, 2.05) is 25.7 Å². The first-order valence-corrected chi connectivity index (χ1v) is 7.33. The molecule has 19 heavy (non-hydrogen) atoms. The first-order valence-electron chi connectivity index (χ1n) is 7.33.